The first-order chi connectivity index (χ1) is 11.0. The first-order valence-electron chi connectivity index (χ1n) is 7.39. The molecule has 1 saturated heterocycles. The molecule has 0 aromatic heterocycles. The van der Waals surface area contributed by atoms with Crippen LogP contribution in [0.25, 0.3) is 0 Å². The Bertz CT molecular complexity index is 577. The lowest BCUT2D eigenvalue weighted by atomic mass is 9.96. The number of carbonyl (C=O) groups excluding carboxylic acids is 3. The SMILES string of the molecule is COC(=O)c1ccc(OCC(=O)N2CCC(C(N)=O)CC2)cc1. The molecule has 0 saturated carbocycles. The van der Waals surface area contributed by atoms with Crippen LogP contribution in [0.5, 0.6) is 5.75 Å². The number of piperidine rings is 1. The van der Waals surface area contributed by atoms with Crippen molar-refractivity contribution in [2.45, 2.75) is 12.8 Å². The largest absolute Gasteiger partial charge is 0.484 e. The molecule has 0 bridgehead atoms. The average molecular weight is 320 g/mol. The highest BCUT2D eigenvalue weighted by atomic mass is 16.5. The van der Waals surface area contributed by atoms with Gasteiger partial charge in [0, 0.05) is 19.0 Å². The van der Waals surface area contributed by atoms with Gasteiger partial charge >= 0.3 is 5.97 Å². The molecule has 0 radical (unpaired) electrons. The van der Waals surface area contributed by atoms with E-state index in [4.69, 9.17) is 10.5 Å². The quantitative estimate of drug-likeness (QED) is 0.800. The Morgan fingerprint density at radius 3 is 2.30 bits per heavy atom. The molecule has 23 heavy (non-hydrogen) atoms. The number of esters is 1. The van der Waals surface area contributed by atoms with Gasteiger partial charge in [-0.15, -0.1) is 0 Å². The Kier molecular flexibility index (Phi) is 5.56. The summed E-state index contributed by atoms with van der Waals surface area (Å²) >= 11 is 0. The lowest BCUT2D eigenvalue weighted by molar-refractivity contribution is -0.136. The fraction of sp³-hybridized carbons (Fsp3) is 0.438. The molecule has 2 N–H and O–H groups in total. The summed E-state index contributed by atoms with van der Waals surface area (Å²) in [6, 6.07) is 6.37. The number of nitrogens with two attached hydrogens (primary N) is 1. The van der Waals surface area contributed by atoms with Gasteiger partial charge in [-0.1, -0.05) is 0 Å². The zero-order valence-electron chi connectivity index (χ0n) is 13.0. The van der Waals surface area contributed by atoms with Crippen LogP contribution < -0.4 is 10.5 Å². The standard InChI is InChI=1S/C16H20N2O5/c1-22-16(21)12-2-4-13(5-3-12)23-10-14(19)18-8-6-11(7-9-18)15(17)20/h2-5,11H,6-10H2,1H3,(H2,17,20). The summed E-state index contributed by atoms with van der Waals surface area (Å²) < 4.78 is 10.0. The smallest absolute Gasteiger partial charge is 0.337 e. The van der Waals surface area contributed by atoms with Gasteiger partial charge in [0.15, 0.2) is 6.61 Å². The van der Waals surface area contributed by atoms with Crippen molar-refractivity contribution in [1.29, 1.82) is 0 Å². The van der Waals surface area contributed by atoms with Gasteiger partial charge < -0.3 is 20.1 Å². The number of hydrogen-bond donors (Lipinski definition) is 1. The molecular weight excluding hydrogens is 300 g/mol. The summed E-state index contributed by atoms with van der Waals surface area (Å²) in [6.07, 6.45) is 1.18. The highest BCUT2D eigenvalue weighted by molar-refractivity contribution is 5.89. The second-order valence-electron chi connectivity index (χ2n) is 5.36. The van der Waals surface area contributed by atoms with Crippen LogP contribution in [0.2, 0.25) is 0 Å². The van der Waals surface area contributed by atoms with Crippen molar-refractivity contribution in [2.75, 3.05) is 26.8 Å². The summed E-state index contributed by atoms with van der Waals surface area (Å²) in [5.74, 6) is -0.516. The van der Waals surface area contributed by atoms with Crippen molar-refractivity contribution in [3.05, 3.63) is 29.8 Å². The number of nitrogens with zero attached hydrogens (tertiary/aromatic N) is 1. The molecule has 1 aliphatic rings. The van der Waals surface area contributed by atoms with Crippen LogP contribution in [-0.2, 0) is 14.3 Å². The van der Waals surface area contributed by atoms with E-state index < -0.39 is 5.97 Å². The van der Waals surface area contributed by atoms with Crippen molar-refractivity contribution >= 4 is 17.8 Å². The lowest BCUT2D eigenvalue weighted by Crippen LogP contribution is -2.43. The van der Waals surface area contributed by atoms with Crippen molar-refractivity contribution in [3.8, 4) is 5.75 Å². The molecule has 0 spiro atoms. The van der Waals surface area contributed by atoms with E-state index in [0.29, 0.717) is 37.2 Å². The molecule has 1 aromatic carbocycles. The van der Waals surface area contributed by atoms with Gasteiger partial charge in [-0.25, -0.2) is 4.79 Å². The highest BCUT2D eigenvalue weighted by Crippen LogP contribution is 2.17. The number of likely N-dealkylation sites (tertiary alicyclic amines) is 1. The number of hydrogen-bond acceptors (Lipinski definition) is 5. The summed E-state index contributed by atoms with van der Waals surface area (Å²) in [7, 11) is 1.31. The van der Waals surface area contributed by atoms with Crippen LogP contribution >= 0.6 is 0 Å². The Morgan fingerprint density at radius 1 is 1.17 bits per heavy atom. The van der Waals surface area contributed by atoms with Crippen LogP contribution in [0.1, 0.15) is 23.2 Å². The maximum Gasteiger partial charge on any atom is 0.337 e. The molecule has 0 atom stereocenters. The Labute approximate surface area is 134 Å². The van der Waals surface area contributed by atoms with E-state index in [1.54, 1.807) is 29.2 Å². The fourth-order valence-corrected chi connectivity index (χ4v) is 2.45. The van der Waals surface area contributed by atoms with Crippen molar-refractivity contribution in [1.82, 2.24) is 4.90 Å². The number of ether oxygens (including phenoxy) is 2. The normalized spacial score (nSPS) is 15.1. The van der Waals surface area contributed by atoms with E-state index >= 15 is 0 Å². The third-order valence-electron chi connectivity index (χ3n) is 3.89. The average Bonchev–Trinajstić information content (AvgIpc) is 2.59. The first-order valence-corrected chi connectivity index (χ1v) is 7.39. The maximum absolute atomic E-state index is 12.1. The van der Waals surface area contributed by atoms with Crippen LogP contribution in [0, 0.1) is 5.92 Å². The second-order valence-corrected chi connectivity index (χ2v) is 5.36. The van der Waals surface area contributed by atoms with Gasteiger partial charge in [0.05, 0.1) is 12.7 Å². The predicted octanol–water partition coefficient (Wildman–Crippen LogP) is 0.576. The summed E-state index contributed by atoms with van der Waals surface area (Å²) in [5, 5.41) is 0. The molecule has 124 valence electrons. The molecule has 7 heteroatoms. The van der Waals surface area contributed by atoms with Crippen LogP contribution in [-0.4, -0.2) is 49.5 Å². The zero-order valence-corrected chi connectivity index (χ0v) is 13.0. The molecule has 1 aliphatic heterocycles. The molecular formula is C16H20N2O5. The zero-order chi connectivity index (χ0) is 16.8. The molecule has 1 aromatic rings. The van der Waals surface area contributed by atoms with Gasteiger partial charge in [0.25, 0.3) is 5.91 Å². The number of primary amides is 1. The van der Waals surface area contributed by atoms with Gasteiger partial charge in [-0.05, 0) is 37.1 Å². The van der Waals surface area contributed by atoms with Crippen molar-refractivity contribution in [3.63, 3.8) is 0 Å². The summed E-state index contributed by atoms with van der Waals surface area (Å²) in [5.41, 5.74) is 5.68. The summed E-state index contributed by atoms with van der Waals surface area (Å²) in [4.78, 5) is 36.2. The van der Waals surface area contributed by atoms with E-state index in [2.05, 4.69) is 4.74 Å². The van der Waals surface area contributed by atoms with Crippen molar-refractivity contribution in [2.24, 2.45) is 11.7 Å². The molecule has 1 heterocycles. The number of amides is 2. The molecule has 0 aliphatic carbocycles. The predicted molar refractivity (Wildman–Crippen MR) is 81.8 cm³/mol. The number of benzene rings is 1. The highest BCUT2D eigenvalue weighted by Gasteiger charge is 2.25. The molecule has 1 fully saturated rings. The van der Waals surface area contributed by atoms with Crippen LogP contribution in [0.15, 0.2) is 24.3 Å². The number of rotatable bonds is 5. The van der Waals surface area contributed by atoms with Crippen molar-refractivity contribution < 1.29 is 23.9 Å². The van der Waals surface area contributed by atoms with E-state index in [1.807, 2.05) is 0 Å². The van der Waals surface area contributed by atoms with Gasteiger partial charge in [-0.2, -0.15) is 0 Å². The third-order valence-corrected chi connectivity index (χ3v) is 3.89. The number of carbonyl (C=O) groups is 3. The maximum atomic E-state index is 12.1. The van der Waals surface area contributed by atoms with Gasteiger partial charge in [-0.3, -0.25) is 9.59 Å². The first kappa shape index (κ1) is 16.8. The van der Waals surface area contributed by atoms with E-state index in [1.165, 1.54) is 7.11 Å². The molecule has 2 amide bonds. The van der Waals surface area contributed by atoms with Crippen LogP contribution in [0.4, 0.5) is 0 Å². The van der Waals surface area contributed by atoms with E-state index in [-0.39, 0.29) is 24.3 Å². The minimum Gasteiger partial charge on any atom is -0.484 e. The van der Waals surface area contributed by atoms with E-state index in [9.17, 15) is 14.4 Å². The monoisotopic (exact) mass is 320 g/mol. The number of methoxy groups -OCH3 is 1. The fourth-order valence-electron chi connectivity index (χ4n) is 2.45. The van der Waals surface area contributed by atoms with Gasteiger partial charge in [0.2, 0.25) is 5.91 Å². The molecule has 0 unspecified atom stereocenters. The van der Waals surface area contributed by atoms with Crippen LogP contribution in [0.3, 0.4) is 0 Å². The second kappa shape index (κ2) is 7.62. The Morgan fingerprint density at radius 2 is 1.78 bits per heavy atom. The topological polar surface area (TPSA) is 98.9 Å². The molecule has 7 nitrogen and oxygen atoms in total. The molecule has 2 rings (SSSR count). The van der Waals surface area contributed by atoms with Gasteiger partial charge in [0.1, 0.15) is 5.75 Å². The lowest BCUT2D eigenvalue weighted by Gasteiger charge is -2.30. The Balaban J connectivity index is 1.80. The summed E-state index contributed by atoms with van der Waals surface area (Å²) in [6.45, 7) is 0.937. The Hall–Kier alpha value is -2.57. The third kappa shape index (κ3) is 4.45. The van der Waals surface area contributed by atoms with E-state index in [0.717, 1.165) is 0 Å². The minimum atomic E-state index is -0.426. The minimum absolute atomic E-state index is 0.0845.